The minimum atomic E-state index is -4.65. The molecule has 1 atom stereocenters. The number of aromatic nitrogens is 3. The smallest absolute Gasteiger partial charge is 0.417 e. The molecule has 4 heterocycles. The lowest BCUT2D eigenvalue weighted by molar-refractivity contribution is -0.137. The molecule has 0 unspecified atom stereocenters. The molecule has 0 radical (unpaired) electrons. The molecule has 1 aliphatic rings. The SMILES string of the molecule is CC(C)n1c(=O)c(CNC(=O)[C@@H]2CCCN2S(=O)(=O)c2cc3cc(F)ccc3o2)cn(-c2ccc(C(F)(F)F)cn2)c1=O. The summed E-state index contributed by atoms with van der Waals surface area (Å²) in [5.41, 5.74) is -2.55. The first-order valence-corrected chi connectivity index (χ1v) is 14.5. The van der Waals surface area contributed by atoms with Gasteiger partial charge < -0.3 is 9.73 Å². The normalized spacial score (nSPS) is 16.3. The molecule has 1 fully saturated rings. The number of carbonyl (C=O) groups is 1. The minimum absolute atomic E-state index is 0.0104. The van der Waals surface area contributed by atoms with E-state index in [0.717, 1.165) is 43.9 Å². The van der Waals surface area contributed by atoms with Crippen LogP contribution >= 0.6 is 0 Å². The number of carbonyl (C=O) groups excluding carboxylic acids is 1. The predicted molar refractivity (Wildman–Crippen MR) is 144 cm³/mol. The van der Waals surface area contributed by atoms with Crippen LogP contribution in [0.5, 0.6) is 0 Å². The van der Waals surface area contributed by atoms with E-state index in [9.17, 15) is 40.4 Å². The molecule has 228 valence electrons. The van der Waals surface area contributed by atoms with Gasteiger partial charge in [-0.2, -0.15) is 17.5 Å². The van der Waals surface area contributed by atoms with Crippen LogP contribution in [0.25, 0.3) is 16.8 Å². The molecular weight excluding hydrogens is 598 g/mol. The number of fused-ring (bicyclic) bond motifs is 1. The number of rotatable bonds is 7. The van der Waals surface area contributed by atoms with Gasteiger partial charge in [-0.3, -0.25) is 18.7 Å². The monoisotopic (exact) mass is 623 g/mol. The number of amides is 1. The minimum Gasteiger partial charge on any atom is -0.443 e. The van der Waals surface area contributed by atoms with Gasteiger partial charge in [-0.1, -0.05) is 0 Å². The zero-order valence-corrected chi connectivity index (χ0v) is 23.6. The highest BCUT2D eigenvalue weighted by Gasteiger charge is 2.41. The topological polar surface area (TPSA) is 137 Å². The molecule has 1 saturated heterocycles. The van der Waals surface area contributed by atoms with Gasteiger partial charge in [0.2, 0.25) is 11.0 Å². The molecule has 0 spiro atoms. The van der Waals surface area contributed by atoms with Crippen molar-refractivity contribution in [2.75, 3.05) is 6.54 Å². The van der Waals surface area contributed by atoms with Crippen LogP contribution in [0, 0.1) is 5.82 Å². The van der Waals surface area contributed by atoms with Gasteiger partial charge in [-0.25, -0.2) is 22.6 Å². The van der Waals surface area contributed by atoms with Gasteiger partial charge in [0.1, 0.15) is 23.3 Å². The lowest BCUT2D eigenvalue weighted by Crippen LogP contribution is -2.47. The van der Waals surface area contributed by atoms with Crippen molar-refractivity contribution in [3.8, 4) is 5.82 Å². The van der Waals surface area contributed by atoms with E-state index in [-0.39, 0.29) is 35.3 Å². The lowest BCUT2D eigenvalue weighted by Gasteiger charge is -2.22. The molecule has 1 aliphatic heterocycles. The third-order valence-corrected chi connectivity index (χ3v) is 8.77. The first-order chi connectivity index (χ1) is 20.2. The maximum atomic E-state index is 13.6. The summed E-state index contributed by atoms with van der Waals surface area (Å²) in [5, 5.41) is 2.32. The fourth-order valence-corrected chi connectivity index (χ4v) is 6.49. The van der Waals surface area contributed by atoms with Crippen molar-refractivity contribution >= 4 is 26.9 Å². The molecular formula is C27H25F4N5O6S. The maximum Gasteiger partial charge on any atom is 0.417 e. The number of benzene rings is 1. The highest BCUT2D eigenvalue weighted by Crippen LogP contribution is 2.31. The molecule has 0 saturated carbocycles. The second-order valence-electron chi connectivity index (χ2n) is 10.2. The Kier molecular flexibility index (Phi) is 7.77. The van der Waals surface area contributed by atoms with E-state index in [1.807, 2.05) is 0 Å². The number of alkyl halides is 3. The first kappa shape index (κ1) is 30.2. The summed E-state index contributed by atoms with van der Waals surface area (Å²) in [7, 11) is -4.30. The van der Waals surface area contributed by atoms with E-state index in [1.54, 1.807) is 13.8 Å². The average Bonchev–Trinajstić information content (AvgIpc) is 3.60. The van der Waals surface area contributed by atoms with E-state index in [1.165, 1.54) is 12.1 Å². The Hall–Kier alpha value is -4.31. The number of hydrogen-bond acceptors (Lipinski definition) is 7. The van der Waals surface area contributed by atoms with Gasteiger partial charge in [0.05, 0.1) is 11.1 Å². The maximum absolute atomic E-state index is 13.6. The quantitative estimate of drug-likeness (QED) is 0.312. The van der Waals surface area contributed by atoms with Crippen LogP contribution in [0.3, 0.4) is 0 Å². The van der Waals surface area contributed by atoms with E-state index in [4.69, 9.17) is 4.42 Å². The predicted octanol–water partition coefficient (Wildman–Crippen LogP) is 3.35. The molecule has 0 aliphatic carbocycles. The second-order valence-corrected chi connectivity index (χ2v) is 12.0. The van der Waals surface area contributed by atoms with Gasteiger partial charge in [0.15, 0.2) is 0 Å². The Balaban J connectivity index is 1.41. The Bertz CT molecular complexity index is 1930. The summed E-state index contributed by atoms with van der Waals surface area (Å²) in [6.45, 7) is 2.71. The average molecular weight is 624 g/mol. The third kappa shape index (κ3) is 5.71. The fraction of sp³-hybridized carbons (Fsp3) is 0.333. The highest BCUT2D eigenvalue weighted by atomic mass is 32.2. The first-order valence-electron chi connectivity index (χ1n) is 13.1. The number of nitrogens with zero attached hydrogens (tertiary/aromatic N) is 4. The van der Waals surface area contributed by atoms with Crippen LogP contribution in [0.2, 0.25) is 0 Å². The number of sulfonamides is 1. The van der Waals surface area contributed by atoms with Crippen LogP contribution in [-0.2, 0) is 27.5 Å². The van der Waals surface area contributed by atoms with Gasteiger partial charge in [0, 0.05) is 43.0 Å². The number of furan rings is 1. The summed E-state index contributed by atoms with van der Waals surface area (Å²) in [6, 6.07) is 4.64. The van der Waals surface area contributed by atoms with Crippen LogP contribution in [0.15, 0.2) is 67.9 Å². The lowest BCUT2D eigenvalue weighted by atomic mass is 10.2. The van der Waals surface area contributed by atoms with Crippen molar-refractivity contribution in [2.24, 2.45) is 0 Å². The number of pyridine rings is 1. The van der Waals surface area contributed by atoms with Crippen molar-refractivity contribution in [2.45, 2.75) is 56.6 Å². The zero-order valence-electron chi connectivity index (χ0n) is 22.8. The third-order valence-electron chi connectivity index (χ3n) is 7.01. The van der Waals surface area contributed by atoms with Crippen molar-refractivity contribution in [3.63, 3.8) is 0 Å². The molecule has 1 aromatic carbocycles. The standard InChI is InChI=1S/C27H25F4N5O6S/c1-15(2)36-25(38)17(14-34(26(36)39)22-8-5-18(13-32-22)27(29,30)31)12-33-24(37)20-4-3-9-35(20)43(40,41)23-11-16-10-19(28)6-7-21(16)42-23/h5-8,10-11,13-15,20H,3-4,9,12H2,1-2H3,(H,33,37)/t20-/m0/s1. The molecule has 4 aromatic rings. The van der Waals surface area contributed by atoms with Gasteiger partial charge in [-0.15, -0.1) is 0 Å². The molecule has 3 aromatic heterocycles. The van der Waals surface area contributed by atoms with Gasteiger partial charge in [0.25, 0.3) is 15.6 Å². The Morgan fingerprint density at radius 1 is 1.16 bits per heavy atom. The fourth-order valence-electron chi connectivity index (χ4n) is 4.88. The van der Waals surface area contributed by atoms with E-state index in [2.05, 4.69) is 10.3 Å². The van der Waals surface area contributed by atoms with Crippen LogP contribution in [0.1, 0.15) is 43.9 Å². The van der Waals surface area contributed by atoms with E-state index >= 15 is 0 Å². The molecule has 11 nitrogen and oxygen atoms in total. The van der Waals surface area contributed by atoms with Crippen LogP contribution < -0.4 is 16.6 Å². The van der Waals surface area contributed by atoms with Gasteiger partial charge in [-0.05, 0) is 57.0 Å². The van der Waals surface area contributed by atoms with Crippen molar-refractivity contribution in [1.29, 1.82) is 0 Å². The zero-order chi connectivity index (χ0) is 31.3. The molecule has 16 heteroatoms. The van der Waals surface area contributed by atoms with Gasteiger partial charge >= 0.3 is 11.9 Å². The van der Waals surface area contributed by atoms with Crippen molar-refractivity contribution < 1.29 is 35.2 Å². The summed E-state index contributed by atoms with van der Waals surface area (Å²) in [5.74, 6) is -1.48. The molecule has 1 amide bonds. The Morgan fingerprint density at radius 2 is 1.91 bits per heavy atom. The summed E-state index contributed by atoms with van der Waals surface area (Å²) in [6.07, 6.45) is -2.48. The highest BCUT2D eigenvalue weighted by molar-refractivity contribution is 7.89. The number of halogens is 4. The summed E-state index contributed by atoms with van der Waals surface area (Å²) in [4.78, 5) is 43.1. The molecule has 5 rings (SSSR count). The van der Waals surface area contributed by atoms with E-state index in [0.29, 0.717) is 12.6 Å². The summed E-state index contributed by atoms with van der Waals surface area (Å²) < 4.78 is 87.5. The summed E-state index contributed by atoms with van der Waals surface area (Å²) >= 11 is 0. The van der Waals surface area contributed by atoms with E-state index < -0.39 is 68.5 Å². The van der Waals surface area contributed by atoms with Crippen LogP contribution in [-0.4, -0.2) is 45.3 Å². The van der Waals surface area contributed by atoms with Crippen molar-refractivity contribution in [3.05, 3.63) is 86.6 Å². The number of hydrogen-bond donors (Lipinski definition) is 1. The molecule has 1 N–H and O–H groups in total. The molecule has 43 heavy (non-hydrogen) atoms. The Morgan fingerprint density at radius 3 is 2.56 bits per heavy atom. The van der Waals surface area contributed by atoms with Crippen molar-refractivity contribution in [1.82, 2.24) is 23.7 Å². The number of nitrogens with one attached hydrogen (secondary N) is 1. The second kappa shape index (κ2) is 11.1. The Labute approximate surface area is 241 Å². The molecule has 0 bridgehead atoms. The van der Waals surface area contributed by atoms with Crippen LogP contribution in [0.4, 0.5) is 17.6 Å². The largest absolute Gasteiger partial charge is 0.443 e.